The van der Waals surface area contributed by atoms with E-state index in [9.17, 15) is 8.78 Å². The van der Waals surface area contributed by atoms with Crippen molar-refractivity contribution in [3.63, 3.8) is 0 Å². The quantitative estimate of drug-likeness (QED) is 0.621. The van der Waals surface area contributed by atoms with Crippen LogP contribution in [0.25, 0.3) is 0 Å². The molecule has 0 radical (unpaired) electrons. The summed E-state index contributed by atoms with van der Waals surface area (Å²) in [7, 11) is 0. The second kappa shape index (κ2) is 6.05. The smallest absolute Gasteiger partial charge is 0.387 e. The maximum Gasteiger partial charge on any atom is 0.387 e. The summed E-state index contributed by atoms with van der Waals surface area (Å²) in [6.07, 6.45) is 1.64. The van der Waals surface area contributed by atoms with Gasteiger partial charge in [0.1, 0.15) is 5.75 Å². The van der Waals surface area contributed by atoms with E-state index in [0.29, 0.717) is 11.5 Å². The van der Waals surface area contributed by atoms with Gasteiger partial charge in [-0.2, -0.15) is 8.78 Å². The third kappa shape index (κ3) is 4.25. The Hall–Kier alpha value is -1.65. The van der Waals surface area contributed by atoms with Crippen molar-refractivity contribution in [3.8, 4) is 5.75 Å². The minimum Gasteiger partial charge on any atom is -0.435 e. The van der Waals surface area contributed by atoms with Crippen LogP contribution in [0.5, 0.6) is 5.75 Å². The van der Waals surface area contributed by atoms with Gasteiger partial charge < -0.3 is 10.5 Å². The number of amidine groups is 1. The molecule has 0 aliphatic rings. The van der Waals surface area contributed by atoms with Crippen LogP contribution in [0.3, 0.4) is 0 Å². The number of hydrogen-bond donors (Lipinski definition) is 1. The summed E-state index contributed by atoms with van der Waals surface area (Å²) in [6.45, 7) is -0.804. The van der Waals surface area contributed by atoms with Gasteiger partial charge in [0.05, 0.1) is 11.5 Å². The number of rotatable bonds is 5. The standard InChI is InChI=1S/C11H14F2N2O/c1-2-3-10(14)15-8-4-6-9(7-5-8)16-11(12)13/h4-7,11H,2-3H2,1H3,(H2,14,15). The molecular weight excluding hydrogens is 214 g/mol. The molecule has 0 bridgehead atoms. The lowest BCUT2D eigenvalue weighted by molar-refractivity contribution is -0.0498. The minimum atomic E-state index is -2.81. The fraction of sp³-hybridized carbons (Fsp3) is 0.364. The Kier molecular flexibility index (Phi) is 4.69. The van der Waals surface area contributed by atoms with Crippen LogP contribution in [-0.4, -0.2) is 12.4 Å². The molecule has 1 aromatic carbocycles. The van der Waals surface area contributed by atoms with E-state index in [-0.39, 0.29) is 5.75 Å². The Balaban J connectivity index is 2.67. The molecule has 3 nitrogen and oxygen atoms in total. The first-order valence-corrected chi connectivity index (χ1v) is 4.99. The summed E-state index contributed by atoms with van der Waals surface area (Å²) in [4.78, 5) is 4.12. The molecule has 0 atom stereocenters. The van der Waals surface area contributed by atoms with Crippen molar-refractivity contribution in [1.82, 2.24) is 0 Å². The first kappa shape index (κ1) is 12.4. The lowest BCUT2D eigenvalue weighted by atomic mass is 10.3. The fourth-order valence-corrected chi connectivity index (χ4v) is 1.18. The summed E-state index contributed by atoms with van der Waals surface area (Å²) in [6, 6.07) is 6.04. The molecule has 0 aliphatic heterocycles. The van der Waals surface area contributed by atoms with E-state index >= 15 is 0 Å². The molecule has 1 rings (SSSR count). The van der Waals surface area contributed by atoms with E-state index in [1.807, 2.05) is 6.92 Å². The Labute approximate surface area is 92.9 Å². The number of benzene rings is 1. The fourth-order valence-electron chi connectivity index (χ4n) is 1.18. The van der Waals surface area contributed by atoms with Crippen molar-refractivity contribution in [1.29, 1.82) is 0 Å². The monoisotopic (exact) mass is 228 g/mol. The number of alkyl halides is 2. The van der Waals surface area contributed by atoms with Gasteiger partial charge >= 0.3 is 6.61 Å². The van der Waals surface area contributed by atoms with Crippen molar-refractivity contribution in [3.05, 3.63) is 24.3 Å². The van der Waals surface area contributed by atoms with Crippen molar-refractivity contribution in [2.45, 2.75) is 26.4 Å². The normalized spacial score (nSPS) is 11.9. The average molecular weight is 228 g/mol. The molecule has 0 amide bonds. The van der Waals surface area contributed by atoms with E-state index < -0.39 is 6.61 Å². The number of ether oxygens (including phenoxy) is 1. The highest BCUT2D eigenvalue weighted by atomic mass is 19.3. The highest BCUT2D eigenvalue weighted by Gasteiger charge is 2.03. The topological polar surface area (TPSA) is 47.6 Å². The molecule has 88 valence electrons. The van der Waals surface area contributed by atoms with Gasteiger partial charge in [0.2, 0.25) is 0 Å². The average Bonchev–Trinajstić information content (AvgIpc) is 2.20. The van der Waals surface area contributed by atoms with Gasteiger partial charge in [0.25, 0.3) is 0 Å². The number of aliphatic imine (C=N–C) groups is 1. The highest BCUT2D eigenvalue weighted by molar-refractivity contribution is 5.83. The predicted octanol–water partition coefficient (Wildman–Crippen LogP) is 3.08. The highest BCUT2D eigenvalue weighted by Crippen LogP contribution is 2.19. The number of nitrogens with zero attached hydrogens (tertiary/aromatic N) is 1. The van der Waals surface area contributed by atoms with Crippen LogP contribution in [0.1, 0.15) is 19.8 Å². The number of hydrogen-bond acceptors (Lipinski definition) is 2. The molecule has 0 saturated carbocycles. The largest absolute Gasteiger partial charge is 0.435 e. The summed E-state index contributed by atoms with van der Waals surface area (Å²) in [5.41, 5.74) is 6.27. The molecule has 0 spiro atoms. The number of nitrogens with two attached hydrogens (primary N) is 1. The van der Waals surface area contributed by atoms with Crippen molar-refractivity contribution in [2.24, 2.45) is 10.7 Å². The van der Waals surface area contributed by atoms with Crippen LogP contribution in [-0.2, 0) is 0 Å². The summed E-state index contributed by atoms with van der Waals surface area (Å²) >= 11 is 0. The van der Waals surface area contributed by atoms with Gasteiger partial charge in [0, 0.05) is 6.42 Å². The third-order valence-electron chi connectivity index (χ3n) is 1.84. The van der Waals surface area contributed by atoms with Gasteiger partial charge in [-0.25, -0.2) is 4.99 Å². The molecular formula is C11H14F2N2O. The molecule has 0 aliphatic carbocycles. The van der Waals surface area contributed by atoms with Crippen LogP contribution < -0.4 is 10.5 Å². The molecule has 0 aromatic heterocycles. The first-order valence-electron chi connectivity index (χ1n) is 4.99. The minimum absolute atomic E-state index is 0.114. The molecule has 16 heavy (non-hydrogen) atoms. The van der Waals surface area contributed by atoms with Gasteiger partial charge in [-0.1, -0.05) is 6.92 Å². The van der Waals surface area contributed by atoms with Crippen LogP contribution in [0.4, 0.5) is 14.5 Å². The zero-order valence-electron chi connectivity index (χ0n) is 8.99. The van der Waals surface area contributed by atoms with Gasteiger partial charge in [-0.3, -0.25) is 0 Å². The molecule has 2 N–H and O–H groups in total. The Bertz CT molecular complexity index is 350. The summed E-state index contributed by atoms with van der Waals surface area (Å²) in [5.74, 6) is 0.646. The lowest BCUT2D eigenvalue weighted by Crippen LogP contribution is -2.09. The molecule has 0 saturated heterocycles. The molecule has 0 fully saturated rings. The second-order valence-electron chi connectivity index (χ2n) is 3.23. The SMILES string of the molecule is CCCC(N)=Nc1ccc(OC(F)F)cc1. The second-order valence-corrected chi connectivity index (χ2v) is 3.23. The van der Waals surface area contributed by atoms with Crippen LogP contribution >= 0.6 is 0 Å². The van der Waals surface area contributed by atoms with E-state index in [4.69, 9.17) is 5.73 Å². The lowest BCUT2D eigenvalue weighted by Gasteiger charge is -2.04. The van der Waals surface area contributed by atoms with Gasteiger partial charge in [-0.05, 0) is 30.7 Å². The molecule has 0 heterocycles. The summed E-state index contributed by atoms with van der Waals surface area (Å²) in [5, 5.41) is 0. The van der Waals surface area contributed by atoms with Crippen LogP contribution in [0.2, 0.25) is 0 Å². The molecule has 0 unspecified atom stereocenters. The Morgan fingerprint density at radius 2 is 2.00 bits per heavy atom. The molecule has 1 aromatic rings. The van der Waals surface area contributed by atoms with Crippen molar-refractivity contribution in [2.75, 3.05) is 0 Å². The van der Waals surface area contributed by atoms with Crippen molar-refractivity contribution < 1.29 is 13.5 Å². The maximum atomic E-state index is 11.9. The van der Waals surface area contributed by atoms with E-state index in [1.54, 1.807) is 12.1 Å². The Morgan fingerprint density at radius 3 is 2.50 bits per heavy atom. The van der Waals surface area contributed by atoms with Gasteiger partial charge in [-0.15, -0.1) is 0 Å². The van der Waals surface area contributed by atoms with Gasteiger partial charge in [0.15, 0.2) is 0 Å². The van der Waals surface area contributed by atoms with Crippen LogP contribution in [0.15, 0.2) is 29.3 Å². The maximum absolute atomic E-state index is 11.9. The summed E-state index contributed by atoms with van der Waals surface area (Å²) < 4.78 is 27.9. The predicted molar refractivity (Wildman–Crippen MR) is 59.3 cm³/mol. The zero-order valence-corrected chi connectivity index (χ0v) is 8.99. The van der Waals surface area contributed by atoms with E-state index in [0.717, 1.165) is 12.8 Å². The van der Waals surface area contributed by atoms with E-state index in [2.05, 4.69) is 9.73 Å². The Morgan fingerprint density at radius 1 is 1.38 bits per heavy atom. The zero-order chi connectivity index (χ0) is 12.0. The number of halogens is 2. The van der Waals surface area contributed by atoms with E-state index in [1.165, 1.54) is 12.1 Å². The van der Waals surface area contributed by atoms with Crippen LogP contribution in [0, 0.1) is 0 Å². The first-order chi connectivity index (χ1) is 7.61. The van der Waals surface area contributed by atoms with Crippen molar-refractivity contribution >= 4 is 11.5 Å². The molecule has 5 heteroatoms. The third-order valence-corrected chi connectivity index (χ3v) is 1.84.